The minimum absolute atomic E-state index is 0.0435. The first-order valence-electron chi connectivity index (χ1n) is 12.2. The molecule has 1 aliphatic carbocycles. The highest BCUT2D eigenvalue weighted by Gasteiger charge is 2.30. The Morgan fingerprint density at radius 1 is 1.19 bits per heavy atom. The molecule has 36 heavy (non-hydrogen) atoms. The number of imidazole rings is 1. The van der Waals surface area contributed by atoms with Gasteiger partial charge in [0.15, 0.2) is 0 Å². The summed E-state index contributed by atoms with van der Waals surface area (Å²) in [5, 5.41) is 6.62. The molecule has 3 aromatic rings. The number of allylic oxidation sites excluding steroid dienone is 1. The molecule has 1 unspecified atom stereocenters. The molecule has 1 saturated carbocycles. The molecule has 0 amide bonds. The molecular formula is C25H32F3N7S. The van der Waals surface area contributed by atoms with Gasteiger partial charge in [-0.3, -0.25) is 0 Å². The molecule has 0 aromatic carbocycles. The van der Waals surface area contributed by atoms with E-state index >= 15 is 0 Å². The van der Waals surface area contributed by atoms with Gasteiger partial charge in [0.05, 0.1) is 17.0 Å². The topological polar surface area (TPSA) is 80.6 Å². The first-order chi connectivity index (χ1) is 17.1. The maximum Gasteiger partial charge on any atom is 0.405 e. The highest BCUT2D eigenvalue weighted by molar-refractivity contribution is 7.15. The van der Waals surface area contributed by atoms with Gasteiger partial charge in [0.1, 0.15) is 23.2 Å². The smallest absolute Gasteiger partial charge is 0.367 e. The van der Waals surface area contributed by atoms with E-state index in [1.165, 1.54) is 11.3 Å². The largest absolute Gasteiger partial charge is 0.405 e. The average molecular weight is 520 g/mol. The monoisotopic (exact) mass is 519 g/mol. The highest BCUT2D eigenvalue weighted by Crippen LogP contribution is 2.38. The van der Waals surface area contributed by atoms with Crippen molar-refractivity contribution in [2.24, 2.45) is 13.0 Å². The molecular weight excluding hydrogens is 487 g/mol. The third-order valence-corrected chi connectivity index (χ3v) is 7.37. The number of rotatable bonds is 9. The van der Waals surface area contributed by atoms with Crippen LogP contribution >= 0.6 is 11.3 Å². The Morgan fingerprint density at radius 3 is 2.69 bits per heavy atom. The van der Waals surface area contributed by atoms with E-state index in [1.54, 1.807) is 6.92 Å². The van der Waals surface area contributed by atoms with Gasteiger partial charge in [-0.15, -0.1) is 11.3 Å². The first-order valence-corrected chi connectivity index (χ1v) is 13.0. The van der Waals surface area contributed by atoms with Crippen molar-refractivity contribution >= 4 is 29.2 Å². The molecule has 3 heterocycles. The lowest BCUT2D eigenvalue weighted by Gasteiger charge is -2.19. The van der Waals surface area contributed by atoms with Crippen LogP contribution < -0.4 is 10.6 Å². The number of aromatic nitrogens is 5. The van der Waals surface area contributed by atoms with Gasteiger partial charge in [-0.25, -0.2) is 15.0 Å². The Bertz CT molecular complexity index is 1210. The summed E-state index contributed by atoms with van der Waals surface area (Å²) in [5.41, 5.74) is 2.21. The predicted molar refractivity (Wildman–Crippen MR) is 138 cm³/mol. The SMILES string of the molecule is CC/C=C\c1nc(-c2c(C)nc(NCC(F)(F)F)nc2N[C@H]2CCC(Cc3nccn3C)C2)sc1C. The summed E-state index contributed by atoms with van der Waals surface area (Å²) >= 11 is 1.54. The zero-order valence-electron chi connectivity index (χ0n) is 21.0. The van der Waals surface area contributed by atoms with Crippen molar-refractivity contribution in [3.05, 3.63) is 40.6 Å². The van der Waals surface area contributed by atoms with Gasteiger partial charge in [-0.05, 0) is 51.5 Å². The molecule has 0 bridgehead atoms. The number of nitrogens with one attached hydrogen (secondary N) is 2. The van der Waals surface area contributed by atoms with Crippen LogP contribution in [0.25, 0.3) is 16.6 Å². The van der Waals surface area contributed by atoms with Gasteiger partial charge in [0.2, 0.25) is 5.95 Å². The van der Waals surface area contributed by atoms with Gasteiger partial charge in [0, 0.05) is 36.8 Å². The molecule has 0 radical (unpaired) electrons. The van der Waals surface area contributed by atoms with Crippen LogP contribution in [-0.2, 0) is 13.5 Å². The number of thiazole rings is 1. The lowest BCUT2D eigenvalue weighted by molar-refractivity contribution is -0.115. The summed E-state index contributed by atoms with van der Waals surface area (Å²) in [6.07, 6.45) is 8.18. The zero-order chi connectivity index (χ0) is 25.9. The van der Waals surface area contributed by atoms with Crippen molar-refractivity contribution in [1.29, 1.82) is 0 Å². The lowest BCUT2D eigenvalue weighted by atomic mass is 10.0. The summed E-state index contributed by atoms with van der Waals surface area (Å²) in [6, 6.07) is 0.152. The zero-order valence-corrected chi connectivity index (χ0v) is 21.8. The summed E-state index contributed by atoms with van der Waals surface area (Å²) in [7, 11) is 2.00. The molecule has 3 aromatic heterocycles. The minimum atomic E-state index is -4.36. The van der Waals surface area contributed by atoms with E-state index < -0.39 is 12.7 Å². The fraction of sp³-hybridized carbons (Fsp3) is 0.520. The van der Waals surface area contributed by atoms with Crippen molar-refractivity contribution < 1.29 is 13.2 Å². The highest BCUT2D eigenvalue weighted by atomic mass is 32.1. The van der Waals surface area contributed by atoms with E-state index in [0.29, 0.717) is 17.4 Å². The Balaban J connectivity index is 1.60. The summed E-state index contributed by atoms with van der Waals surface area (Å²) in [4.78, 5) is 19.1. The van der Waals surface area contributed by atoms with E-state index in [9.17, 15) is 13.2 Å². The molecule has 1 aliphatic rings. The van der Waals surface area contributed by atoms with E-state index in [4.69, 9.17) is 4.98 Å². The standard InChI is InChI=1S/C25H32F3N7S/c1-5-6-7-19-16(3)36-23(33-19)21-15(2)31-24(30-14-25(26,27)28)34-22(21)32-18-9-8-17(12-18)13-20-29-10-11-35(20)4/h6-7,10-11,17-18H,5,8-9,12-14H2,1-4H3,(H2,30,31,32,34)/b7-6-/t17?,18-/m0/s1. The van der Waals surface area contributed by atoms with Crippen molar-refractivity contribution in [2.75, 3.05) is 17.2 Å². The maximum atomic E-state index is 12.8. The van der Waals surface area contributed by atoms with Gasteiger partial charge in [-0.2, -0.15) is 18.2 Å². The van der Waals surface area contributed by atoms with Crippen molar-refractivity contribution in [2.45, 2.75) is 65.1 Å². The van der Waals surface area contributed by atoms with Crippen LogP contribution in [0.3, 0.4) is 0 Å². The fourth-order valence-corrected chi connectivity index (χ4v) is 5.53. The Morgan fingerprint density at radius 2 is 2.00 bits per heavy atom. The quantitative estimate of drug-likeness (QED) is 0.352. The summed E-state index contributed by atoms with van der Waals surface area (Å²) in [6.45, 7) is 4.67. The van der Waals surface area contributed by atoms with E-state index in [2.05, 4.69) is 38.6 Å². The molecule has 2 N–H and O–H groups in total. The van der Waals surface area contributed by atoms with E-state index in [-0.39, 0.29) is 12.0 Å². The van der Waals surface area contributed by atoms with E-state index in [1.807, 2.05) is 37.0 Å². The number of hydrogen-bond acceptors (Lipinski definition) is 7. The Labute approximate surface area is 213 Å². The van der Waals surface area contributed by atoms with Gasteiger partial charge in [-0.1, -0.05) is 13.0 Å². The summed E-state index contributed by atoms with van der Waals surface area (Å²) in [5.74, 6) is 2.02. The number of hydrogen-bond donors (Lipinski definition) is 2. The van der Waals surface area contributed by atoms with Crippen LogP contribution in [0.15, 0.2) is 18.5 Å². The fourth-order valence-electron chi connectivity index (χ4n) is 4.53. The molecule has 0 saturated heterocycles. The number of nitrogens with zero attached hydrogens (tertiary/aromatic N) is 5. The molecule has 1 fully saturated rings. The van der Waals surface area contributed by atoms with Crippen LogP contribution in [0.5, 0.6) is 0 Å². The van der Waals surface area contributed by atoms with Crippen LogP contribution in [0.1, 0.15) is 54.7 Å². The van der Waals surface area contributed by atoms with Gasteiger partial charge < -0.3 is 15.2 Å². The first kappa shape index (κ1) is 26.1. The Kier molecular flexibility index (Phi) is 7.97. The minimum Gasteiger partial charge on any atom is -0.367 e. The second-order valence-electron chi connectivity index (χ2n) is 9.27. The van der Waals surface area contributed by atoms with Crippen LogP contribution in [0, 0.1) is 19.8 Å². The molecule has 194 valence electrons. The lowest BCUT2D eigenvalue weighted by Crippen LogP contribution is -2.24. The number of halogens is 3. The van der Waals surface area contributed by atoms with Gasteiger partial charge in [0.25, 0.3) is 0 Å². The van der Waals surface area contributed by atoms with E-state index in [0.717, 1.165) is 59.1 Å². The van der Waals surface area contributed by atoms with Crippen molar-refractivity contribution in [3.63, 3.8) is 0 Å². The summed E-state index contributed by atoms with van der Waals surface area (Å²) < 4.78 is 40.5. The number of alkyl halides is 3. The third-order valence-electron chi connectivity index (χ3n) is 6.37. The second kappa shape index (κ2) is 11.0. The van der Waals surface area contributed by atoms with Crippen LogP contribution in [0.2, 0.25) is 0 Å². The number of anilines is 2. The normalized spacial score (nSPS) is 18.3. The average Bonchev–Trinajstić information content (AvgIpc) is 3.51. The maximum absolute atomic E-state index is 12.8. The molecule has 0 spiro atoms. The predicted octanol–water partition coefficient (Wildman–Crippen LogP) is 6.17. The Hall–Kier alpha value is -2.95. The molecule has 0 aliphatic heterocycles. The van der Waals surface area contributed by atoms with Crippen molar-refractivity contribution in [3.8, 4) is 10.6 Å². The number of aryl methyl sites for hydroxylation is 3. The van der Waals surface area contributed by atoms with Crippen LogP contribution in [0.4, 0.5) is 24.9 Å². The molecule has 4 rings (SSSR count). The van der Waals surface area contributed by atoms with Crippen molar-refractivity contribution in [1.82, 2.24) is 24.5 Å². The van der Waals surface area contributed by atoms with Gasteiger partial charge >= 0.3 is 6.18 Å². The molecule has 11 heteroatoms. The molecule has 7 nitrogen and oxygen atoms in total. The third kappa shape index (κ3) is 6.43. The second-order valence-corrected chi connectivity index (χ2v) is 10.5. The molecule has 2 atom stereocenters. The van der Waals surface area contributed by atoms with Crippen LogP contribution in [-0.4, -0.2) is 43.3 Å².